The molecular weight excluding hydrogens is 398 g/mol. The van der Waals surface area contributed by atoms with E-state index in [4.69, 9.17) is 5.10 Å². The number of carbonyl (C=O) groups excluding carboxylic acids is 1. The van der Waals surface area contributed by atoms with E-state index in [1.807, 2.05) is 36.4 Å². The number of urea groups is 1. The molecule has 0 spiro atoms. The molecule has 0 radical (unpaired) electrons. The second kappa shape index (κ2) is 9.17. The number of nitrogens with zero attached hydrogens (tertiary/aromatic N) is 3. The fourth-order valence-electron chi connectivity index (χ4n) is 5.32. The summed E-state index contributed by atoms with van der Waals surface area (Å²) in [5, 5.41) is 10.8. The quantitative estimate of drug-likeness (QED) is 0.627. The van der Waals surface area contributed by atoms with Crippen molar-refractivity contribution in [2.45, 2.75) is 31.3 Å². The van der Waals surface area contributed by atoms with Gasteiger partial charge in [0.25, 0.3) is 0 Å². The van der Waals surface area contributed by atoms with E-state index >= 15 is 0 Å². The fourth-order valence-corrected chi connectivity index (χ4v) is 5.32. The summed E-state index contributed by atoms with van der Waals surface area (Å²) in [4.78, 5) is 14.8. The van der Waals surface area contributed by atoms with Gasteiger partial charge in [-0.2, -0.15) is 5.10 Å². The zero-order valence-electron chi connectivity index (χ0n) is 18.6. The Hall–Kier alpha value is -3.12. The molecule has 2 amide bonds. The van der Waals surface area contributed by atoms with Crippen LogP contribution < -0.4 is 10.6 Å². The van der Waals surface area contributed by atoms with Gasteiger partial charge in [0.1, 0.15) is 0 Å². The molecule has 6 nitrogen and oxygen atoms in total. The Labute approximate surface area is 189 Å². The number of carbonyl (C=O) groups is 1. The van der Waals surface area contributed by atoms with E-state index < -0.39 is 0 Å². The van der Waals surface area contributed by atoms with Gasteiger partial charge in [0.05, 0.1) is 5.69 Å². The van der Waals surface area contributed by atoms with E-state index in [1.165, 1.54) is 17.7 Å². The van der Waals surface area contributed by atoms with Crippen molar-refractivity contribution in [3.05, 3.63) is 78.0 Å². The van der Waals surface area contributed by atoms with Crippen molar-refractivity contribution in [1.82, 2.24) is 25.3 Å². The van der Waals surface area contributed by atoms with E-state index in [0.717, 1.165) is 30.8 Å². The molecule has 32 heavy (non-hydrogen) atoms. The highest BCUT2D eigenvalue weighted by Crippen LogP contribution is 2.42. The standard InChI is InChI=1S/C26H31N5O/c1-30-25(15-24(29-30)20-10-6-3-7-11-20)23-18-31-13-12-21(23)14-22(31)17-28-26(32)27-16-19-8-4-2-5-9-19/h2-11,15,21-23H,12-14,16-18H2,1H3,(H2,27,28,32)/t21-,22+,23+/m0/s1. The Balaban J connectivity index is 1.17. The Morgan fingerprint density at radius 1 is 1.06 bits per heavy atom. The molecule has 3 fully saturated rings. The van der Waals surface area contributed by atoms with Gasteiger partial charge in [0.2, 0.25) is 0 Å². The lowest BCUT2D eigenvalue weighted by atomic mass is 9.74. The molecule has 0 aliphatic carbocycles. The maximum absolute atomic E-state index is 12.3. The number of amides is 2. The average Bonchev–Trinajstić information content (AvgIpc) is 3.24. The lowest BCUT2D eigenvalue weighted by Gasteiger charge is -2.49. The van der Waals surface area contributed by atoms with E-state index in [0.29, 0.717) is 31.0 Å². The summed E-state index contributed by atoms with van der Waals surface area (Å²) >= 11 is 0. The molecule has 4 heterocycles. The third-order valence-corrected chi connectivity index (χ3v) is 7.04. The third-order valence-electron chi connectivity index (χ3n) is 7.04. The molecule has 6 heteroatoms. The van der Waals surface area contributed by atoms with Gasteiger partial charge in [-0.3, -0.25) is 9.58 Å². The molecule has 3 aromatic rings. The molecule has 6 rings (SSSR count). The van der Waals surface area contributed by atoms with Crippen molar-refractivity contribution in [3.63, 3.8) is 0 Å². The lowest BCUT2D eigenvalue weighted by Crippen LogP contribution is -2.56. The van der Waals surface area contributed by atoms with Crippen LogP contribution in [0.15, 0.2) is 66.7 Å². The van der Waals surface area contributed by atoms with Crippen LogP contribution in [0.25, 0.3) is 11.3 Å². The number of aryl methyl sites for hydroxylation is 1. The molecule has 3 aliphatic heterocycles. The summed E-state index contributed by atoms with van der Waals surface area (Å²) in [5.41, 5.74) is 4.65. The first-order chi connectivity index (χ1) is 15.7. The molecule has 1 aromatic heterocycles. The lowest BCUT2D eigenvalue weighted by molar-refractivity contribution is 0.0294. The Morgan fingerprint density at radius 2 is 1.81 bits per heavy atom. The highest BCUT2D eigenvalue weighted by Gasteiger charge is 2.41. The molecule has 1 unspecified atom stereocenters. The highest BCUT2D eigenvalue weighted by atomic mass is 16.2. The zero-order chi connectivity index (χ0) is 21.9. The SMILES string of the molecule is Cn1nc(-c2ccccc2)cc1[C@@H]1CN2CC[C@H]1C[C@@H]2CNC(=O)NCc1ccccc1. The predicted octanol–water partition coefficient (Wildman–Crippen LogP) is 3.76. The molecule has 2 N–H and O–H groups in total. The Bertz CT molecular complexity index is 1050. The van der Waals surface area contributed by atoms with E-state index in [9.17, 15) is 4.79 Å². The number of hydrogen-bond acceptors (Lipinski definition) is 3. The first-order valence-electron chi connectivity index (χ1n) is 11.6. The van der Waals surface area contributed by atoms with Crippen LogP contribution in [0.3, 0.4) is 0 Å². The van der Waals surface area contributed by atoms with Gasteiger partial charge in [-0.25, -0.2) is 4.79 Å². The number of fused-ring (bicyclic) bond motifs is 3. The van der Waals surface area contributed by atoms with Gasteiger partial charge in [0.15, 0.2) is 0 Å². The van der Waals surface area contributed by atoms with Crippen LogP contribution in [0.5, 0.6) is 0 Å². The number of piperidine rings is 3. The van der Waals surface area contributed by atoms with Gasteiger partial charge in [-0.1, -0.05) is 60.7 Å². The van der Waals surface area contributed by atoms with Crippen LogP contribution in [0.4, 0.5) is 4.79 Å². The van der Waals surface area contributed by atoms with E-state index in [1.54, 1.807) is 0 Å². The van der Waals surface area contributed by atoms with Gasteiger partial charge >= 0.3 is 6.03 Å². The van der Waals surface area contributed by atoms with Crippen LogP contribution in [-0.4, -0.2) is 46.4 Å². The smallest absolute Gasteiger partial charge is 0.315 e. The summed E-state index contributed by atoms with van der Waals surface area (Å²) in [6.45, 7) is 3.40. The average molecular weight is 430 g/mol. The van der Waals surface area contributed by atoms with Crippen LogP contribution in [0.2, 0.25) is 0 Å². The minimum absolute atomic E-state index is 0.0906. The van der Waals surface area contributed by atoms with Crippen LogP contribution >= 0.6 is 0 Å². The van der Waals surface area contributed by atoms with Crippen molar-refractivity contribution < 1.29 is 4.79 Å². The van der Waals surface area contributed by atoms with Gasteiger partial charge in [0, 0.05) is 49.9 Å². The van der Waals surface area contributed by atoms with Crippen LogP contribution in [0, 0.1) is 5.92 Å². The van der Waals surface area contributed by atoms with E-state index in [2.05, 4.69) is 57.6 Å². The van der Waals surface area contributed by atoms with Gasteiger partial charge < -0.3 is 10.6 Å². The van der Waals surface area contributed by atoms with Gasteiger partial charge in [-0.05, 0) is 36.9 Å². The molecule has 4 atom stereocenters. The summed E-state index contributed by atoms with van der Waals surface area (Å²) in [6, 6.07) is 23.0. The third kappa shape index (κ3) is 4.41. The topological polar surface area (TPSA) is 62.2 Å². The van der Waals surface area contributed by atoms with Crippen molar-refractivity contribution in [2.75, 3.05) is 19.6 Å². The number of nitrogens with one attached hydrogen (secondary N) is 2. The second-order valence-electron chi connectivity index (χ2n) is 9.03. The van der Waals surface area contributed by atoms with E-state index in [-0.39, 0.29) is 6.03 Å². The Morgan fingerprint density at radius 3 is 2.53 bits per heavy atom. The number of aromatic nitrogens is 2. The van der Waals surface area contributed by atoms with Crippen LogP contribution in [-0.2, 0) is 13.6 Å². The number of rotatable bonds is 6. The maximum Gasteiger partial charge on any atom is 0.315 e. The highest BCUT2D eigenvalue weighted by molar-refractivity contribution is 5.73. The molecular formula is C26H31N5O. The predicted molar refractivity (Wildman–Crippen MR) is 126 cm³/mol. The normalized spacial score (nSPS) is 24.3. The number of hydrogen-bond donors (Lipinski definition) is 2. The minimum atomic E-state index is -0.0906. The first-order valence-corrected chi connectivity index (χ1v) is 11.6. The summed E-state index contributed by atoms with van der Waals surface area (Å²) < 4.78 is 2.07. The van der Waals surface area contributed by atoms with Crippen molar-refractivity contribution in [3.8, 4) is 11.3 Å². The molecule has 2 aromatic carbocycles. The van der Waals surface area contributed by atoms with Crippen molar-refractivity contribution in [1.29, 1.82) is 0 Å². The van der Waals surface area contributed by atoms with Crippen LogP contribution in [0.1, 0.15) is 30.0 Å². The second-order valence-corrected chi connectivity index (χ2v) is 9.03. The fraction of sp³-hybridized carbons (Fsp3) is 0.385. The summed E-state index contributed by atoms with van der Waals surface area (Å²) in [7, 11) is 2.06. The minimum Gasteiger partial charge on any atom is -0.337 e. The summed E-state index contributed by atoms with van der Waals surface area (Å²) in [5.74, 6) is 1.14. The monoisotopic (exact) mass is 429 g/mol. The molecule has 3 saturated heterocycles. The Kier molecular flexibility index (Phi) is 5.95. The molecule has 3 aliphatic rings. The zero-order valence-corrected chi connectivity index (χ0v) is 18.6. The molecule has 2 bridgehead atoms. The first kappa shape index (κ1) is 20.8. The largest absolute Gasteiger partial charge is 0.337 e. The number of benzene rings is 2. The van der Waals surface area contributed by atoms with Crippen molar-refractivity contribution >= 4 is 6.03 Å². The van der Waals surface area contributed by atoms with Gasteiger partial charge in [-0.15, -0.1) is 0 Å². The maximum atomic E-state index is 12.3. The molecule has 0 saturated carbocycles. The summed E-state index contributed by atoms with van der Waals surface area (Å²) in [6.07, 6.45) is 2.34. The molecule has 166 valence electrons. The van der Waals surface area contributed by atoms with Crippen molar-refractivity contribution in [2.24, 2.45) is 13.0 Å².